The summed E-state index contributed by atoms with van der Waals surface area (Å²) in [5.41, 5.74) is -0.0691. The molecule has 0 saturated heterocycles. The lowest BCUT2D eigenvalue weighted by atomic mass is 10.1. The number of benzene rings is 1. The predicted octanol–water partition coefficient (Wildman–Crippen LogP) is 3.44. The van der Waals surface area contributed by atoms with Crippen molar-refractivity contribution in [1.82, 2.24) is 0 Å². The van der Waals surface area contributed by atoms with Crippen molar-refractivity contribution in [2.45, 2.75) is 19.8 Å². The minimum absolute atomic E-state index is 0.0691. The maximum Gasteiger partial charge on any atom is 0.377 e. The molecule has 1 aromatic rings. The van der Waals surface area contributed by atoms with Gasteiger partial charge in [0.1, 0.15) is 0 Å². The van der Waals surface area contributed by atoms with Gasteiger partial charge in [-0.3, -0.25) is 4.79 Å². The number of carboxylic acid groups (broad SMARTS) is 1. The molecule has 0 radical (unpaired) electrons. The van der Waals surface area contributed by atoms with Crippen molar-refractivity contribution in [3.8, 4) is 5.75 Å². The summed E-state index contributed by atoms with van der Waals surface area (Å²) in [5, 5.41) is 8.85. The number of unbranched alkanes of at least 4 members (excludes halogenated alkanes) is 1. The van der Waals surface area contributed by atoms with E-state index in [0.29, 0.717) is 6.61 Å². The van der Waals surface area contributed by atoms with Crippen LogP contribution in [0, 0.1) is 0 Å². The molecule has 1 aromatic carbocycles. The Morgan fingerprint density at radius 1 is 1.28 bits per heavy atom. The van der Waals surface area contributed by atoms with Crippen LogP contribution in [-0.2, 0) is 4.79 Å². The van der Waals surface area contributed by atoms with E-state index in [0.717, 1.165) is 12.8 Å². The zero-order chi connectivity index (χ0) is 13.7. The first-order valence-electron chi connectivity index (χ1n) is 5.36. The Balaban J connectivity index is 2.97. The molecule has 6 heteroatoms. The maximum atomic E-state index is 11.3. The average Bonchev–Trinajstić information content (AvgIpc) is 2.31. The molecule has 0 aliphatic heterocycles. The highest BCUT2D eigenvalue weighted by molar-refractivity contribution is 6.42. The van der Waals surface area contributed by atoms with Gasteiger partial charge in [0.05, 0.1) is 16.7 Å². The van der Waals surface area contributed by atoms with Gasteiger partial charge in [-0.25, -0.2) is 4.79 Å². The van der Waals surface area contributed by atoms with Gasteiger partial charge in [-0.2, -0.15) is 0 Å². The van der Waals surface area contributed by atoms with Crippen LogP contribution in [0.5, 0.6) is 5.75 Å². The first-order valence-corrected chi connectivity index (χ1v) is 6.12. The van der Waals surface area contributed by atoms with Crippen molar-refractivity contribution < 1.29 is 19.4 Å². The molecule has 0 amide bonds. The second-order valence-electron chi connectivity index (χ2n) is 3.61. The first-order chi connectivity index (χ1) is 8.47. The molecule has 0 spiro atoms. The molecule has 0 aromatic heterocycles. The molecule has 0 heterocycles. The maximum absolute atomic E-state index is 11.3. The summed E-state index contributed by atoms with van der Waals surface area (Å²) in [7, 11) is 0. The van der Waals surface area contributed by atoms with Gasteiger partial charge in [0.15, 0.2) is 5.75 Å². The third-order valence-corrected chi connectivity index (χ3v) is 2.76. The van der Waals surface area contributed by atoms with Crippen LogP contribution in [-0.4, -0.2) is 23.5 Å². The largest absolute Gasteiger partial charge is 0.490 e. The highest BCUT2D eigenvalue weighted by atomic mass is 35.5. The van der Waals surface area contributed by atoms with E-state index in [2.05, 4.69) is 0 Å². The molecule has 1 N–H and O–H groups in total. The smallest absolute Gasteiger partial charge is 0.377 e. The topological polar surface area (TPSA) is 63.6 Å². The lowest BCUT2D eigenvalue weighted by molar-refractivity contribution is -0.131. The molecule has 0 saturated carbocycles. The fourth-order valence-corrected chi connectivity index (χ4v) is 1.87. The number of ketones is 1. The Labute approximate surface area is 114 Å². The van der Waals surface area contributed by atoms with Crippen LogP contribution in [0.15, 0.2) is 12.1 Å². The van der Waals surface area contributed by atoms with Crippen LogP contribution in [0.3, 0.4) is 0 Å². The number of hydrogen-bond donors (Lipinski definition) is 1. The van der Waals surface area contributed by atoms with Gasteiger partial charge < -0.3 is 9.84 Å². The number of Topliss-reactive ketones (excluding diaryl/α,β-unsaturated/α-hetero) is 1. The van der Waals surface area contributed by atoms with E-state index in [4.69, 9.17) is 33.0 Å². The number of carbonyl (C=O) groups is 2. The van der Waals surface area contributed by atoms with Crippen LogP contribution in [0.4, 0.5) is 0 Å². The molecular formula is C12H12Cl2O4. The van der Waals surface area contributed by atoms with Crippen molar-refractivity contribution in [2.75, 3.05) is 6.61 Å². The second kappa shape index (κ2) is 6.61. The number of rotatable bonds is 6. The normalized spacial score (nSPS) is 10.2. The molecule has 18 heavy (non-hydrogen) atoms. The van der Waals surface area contributed by atoms with Crippen molar-refractivity contribution in [1.29, 1.82) is 0 Å². The van der Waals surface area contributed by atoms with Crippen LogP contribution < -0.4 is 4.74 Å². The quantitative estimate of drug-likeness (QED) is 0.495. The summed E-state index contributed by atoms with van der Waals surface area (Å²) >= 11 is 11.8. The number of ether oxygens (including phenoxy) is 1. The summed E-state index contributed by atoms with van der Waals surface area (Å²) in [6, 6.07) is 2.48. The van der Waals surface area contributed by atoms with E-state index in [9.17, 15) is 9.59 Å². The SMILES string of the molecule is CCCCOc1c(Cl)cc(C(=O)C(=O)O)cc1Cl. The minimum Gasteiger partial charge on any atom is -0.490 e. The fourth-order valence-electron chi connectivity index (χ4n) is 1.27. The molecule has 0 fully saturated rings. The standard InChI is InChI=1S/C12H12Cl2O4/c1-2-3-4-18-11-8(13)5-7(6-9(11)14)10(15)12(16)17/h5-6H,2-4H2,1H3,(H,16,17). The average molecular weight is 291 g/mol. The molecule has 1 rings (SSSR count). The Morgan fingerprint density at radius 2 is 1.83 bits per heavy atom. The van der Waals surface area contributed by atoms with E-state index >= 15 is 0 Å². The third kappa shape index (κ3) is 3.62. The van der Waals surface area contributed by atoms with E-state index in [-0.39, 0.29) is 21.4 Å². The zero-order valence-electron chi connectivity index (χ0n) is 9.70. The van der Waals surface area contributed by atoms with Gasteiger partial charge in [-0.1, -0.05) is 36.5 Å². The van der Waals surface area contributed by atoms with Crippen LogP contribution >= 0.6 is 23.2 Å². The van der Waals surface area contributed by atoms with E-state index in [1.165, 1.54) is 12.1 Å². The van der Waals surface area contributed by atoms with Gasteiger partial charge >= 0.3 is 5.97 Å². The summed E-state index contributed by atoms with van der Waals surface area (Å²) in [4.78, 5) is 21.8. The first kappa shape index (κ1) is 14.8. The van der Waals surface area contributed by atoms with Crippen LogP contribution in [0.2, 0.25) is 10.0 Å². The Hall–Kier alpha value is -1.26. The fraction of sp³-hybridized carbons (Fsp3) is 0.333. The lowest BCUT2D eigenvalue weighted by Gasteiger charge is -2.10. The van der Waals surface area contributed by atoms with Gasteiger partial charge in [-0.15, -0.1) is 0 Å². The number of carboxylic acids is 1. The second-order valence-corrected chi connectivity index (χ2v) is 4.42. The van der Waals surface area contributed by atoms with Gasteiger partial charge in [0.25, 0.3) is 5.78 Å². The van der Waals surface area contributed by atoms with Crippen molar-refractivity contribution in [3.63, 3.8) is 0 Å². The van der Waals surface area contributed by atoms with Gasteiger partial charge in [-0.05, 0) is 18.6 Å². The van der Waals surface area contributed by atoms with E-state index in [1.807, 2.05) is 6.92 Å². The lowest BCUT2D eigenvalue weighted by Crippen LogP contribution is -2.12. The van der Waals surface area contributed by atoms with E-state index < -0.39 is 11.8 Å². The van der Waals surface area contributed by atoms with Crippen molar-refractivity contribution in [3.05, 3.63) is 27.7 Å². The number of hydrogen-bond acceptors (Lipinski definition) is 3. The van der Waals surface area contributed by atoms with Crippen molar-refractivity contribution >= 4 is 35.0 Å². The number of carbonyl (C=O) groups excluding carboxylic acids is 1. The Bertz CT molecular complexity index is 448. The molecule has 0 aliphatic carbocycles. The van der Waals surface area contributed by atoms with E-state index in [1.54, 1.807) is 0 Å². The molecular weight excluding hydrogens is 279 g/mol. The highest BCUT2D eigenvalue weighted by Crippen LogP contribution is 2.34. The number of halogens is 2. The van der Waals surface area contributed by atoms with Crippen LogP contribution in [0.25, 0.3) is 0 Å². The van der Waals surface area contributed by atoms with Gasteiger partial charge in [0, 0.05) is 5.56 Å². The zero-order valence-corrected chi connectivity index (χ0v) is 11.2. The van der Waals surface area contributed by atoms with Gasteiger partial charge in [0.2, 0.25) is 0 Å². The molecule has 4 nitrogen and oxygen atoms in total. The number of aliphatic carboxylic acids is 1. The summed E-state index contributed by atoms with van der Waals surface area (Å²) in [6.45, 7) is 2.48. The van der Waals surface area contributed by atoms with Crippen molar-refractivity contribution in [2.24, 2.45) is 0 Å². The third-order valence-electron chi connectivity index (χ3n) is 2.20. The molecule has 0 aliphatic rings. The molecule has 0 unspecified atom stereocenters. The monoisotopic (exact) mass is 290 g/mol. The predicted molar refractivity (Wildman–Crippen MR) is 68.8 cm³/mol. The molecule has 0 bridgehead atoms. The van der Waals surface area contributed by atoms with Crippen LogP contribution in [0.1, 0.15) is 30.1 Å². The Morgan fingerprint density at radius 3 is 2.28 bits per heavy atom. The highest BCUT2D eigenvalue weighted by Gasteiger charge is 2.18. The minimum atomic E-state index is -1.55. The Kier molecular flexibility index (Phi) is 5.44. The summed E-state index contributed by atoms with van der Waals surface area (Å²) in [5.74, 6) is -2.34. The summed E-state index contributed by atoms with van der Waals surface area (Å²) in [6.07, 6.45) is 1.81. The molecule has 98 valence electrons. The molecule has 0 atom stereocenters. The summed E-state index contributed by atoms with van der Waals surface area (Å²) < 4.78 is 5.38.